The molecule has 1 saturated carbocycles. The minimum Gasteiger partial charge on any atom is -0.497 e. The number of hydrogen-bond acceptors (Lipinski definition) is 6. The molecule has 0 spiro atoms. The van der Waals surface area contributed by atoms with Gasteiger partial charge in [0.1, 0.15) is 5.75 Å². The Kier molecular flexibility index (Phi) is 5.05. The molecule has 0 bridgehead atoms. The van der Waals surface area contributed by atoms with Gasteiger partial charge in [-0.05, 0) is 42.7 Å². The summed E-state index contributed by atoms with van der Waals surface area (Å²) in [6, 6.07) is 14.7. The summed E-state index contributed by atoms with van der Waals surface area (Å²) < 4.78 is 16.0. The maximum absolute atomic E-state index is 12.8. The third-order valence-corrected chi connectivity index (χ3v) is 5.33. The molecule has 0 N–H and O–H groups in total. The largest absolute Gasteiger partial charge is 0.497 e. The molecule has 1 aliphatic rings. The number of rotatable bonds is 6. The van der Waals surface area contributed by atoms with Crippen LogP contribution in [0.2, 0.25) is 5.02 Å². The monoisotopic (exact) mass is 398 g/mol. The molecule has 0 radical (unpaired) electrons. The summed E-state index contributed by atoms with van der Waals surface area (Å²) >= 11 is 6.10. The van der Waals surface area contributed by atoms with Crippen molar-refractivity contribution in [2.75, 3.05) is 7.11 Å². The van der Waals surface area contributed by atoms with Crippen molar-refractivity contribution in [3.8, 4) is 17.1 Å². The highest BCUT2D eigenvalue weighted by molar-refractivity contribution is 6.30. The smallest absolute Gasteiger partial charge is 0.317 e. The number of aromatic nitrogens is 2. The van der Waals surface area contributed by atoms with Gasteiger partial charge in [-0.2, -0.15) is 4.98 Å². The first kappa shape index (κ1) is 18.5. The Bertz CT molecular complexity index is 997. The van der Waals surface area contributed by atoms with Crippen LogP contribution in [-0.2, 0) is 21.6 Å². The lowest BCUT2D eigenvalue weighted by atomic mass is 9.64. The van der Waals surface area contributed by atoms with Gasteiger partial charge in [0, 0.05) is 10.6 Å². The molecule has 0 amide bonds. The van der Waals surface area contributed by atoms with E-state index in [0.717, 1.165) is 30.4 Å². The Labute approximate surface area is 167 Å². The van der Waals surface area contributed by atoms with Crippen LogP contribution in [0.25, 0.3) is 11.4 Å². The molecule has 2 aromatic carbocycles. The fraction of sp³-hybridized carbons (Fsp3) is 0.286. The summed E-state index contributed by atoms with van der Waals surface area (Å²) in [6.45, 7) is -0.0713. The zero-order valence-electron chi connectivity index (χ0n) is 15.4. The van der Waals surface area contributed by atoms with Gasteiger partial charge in [0.25, 0.3) is 5.89 Å². The summed E-state index contributed by atoms with van der Waals surface area (Å²) in [5, 5.41) is 4.56. The van der Waals surface area contributed by atoms with Crippen LogP contribution in [0.4, 0.5) is 0 Å². The van der Waals surface area contributed by atoms with Gasteiger partial charge < -0.3 is 14.0 Å². The predicted octanol–water partition coefficient (Wildman–Crippen LogP) is 4.56. The van der Waals surface area contributed by atoms with Crippen molar-refractivity contribution in [3.05, 3.63) is 65.0 Å². The summed E-state index contributed by atoms with van der Waals surface area (Å²) in [5.41, 5.74) is 1.01. The number of esters is 1. The molecule has 1 aliphatic carbocycles. The van der Waals surface area contributed by atoms with Crippen molar-refractivity contribution in [2.45, 2.75) is 31.3 Å². The van der Waals surface area contributed by atoms with Gasteiger partial charge in [-0.25, -0.2) is 0 Å². The third kappa shape index (κ3) is 3.47. The van der Waals surface area contributed by atoms with E-state index in [1.54, 1.807) is 13.2 Å². The molecule has 0 atom stereocenters. The average Bonchev–Trinajstić information content (AvgIpc) is 3.15. The Hall–Kier alpha value is -2.86. The highest BCUT2D eigenvalue weighted by Crippen LogP contribution is 2.45. The number of methoxy groups -OCH3 is 1. The second-order valence-corrected chi connectivity index (χ2v) is 7.20. The molecule has 144 valence electrons. The second-order valence-electron chi connectivity index (χ2n) is 6.77. The summed E-state index contributed by atoms with van der Waals surface area (Å²) in [7, 11) is 1.59. The minimum atomic E-state index is -0.638. The SMILES string of the molecule is COc1cccc(-c2noc(COC(=O)C3(c4cccc(Cl)c4)CCC3)n2)c1. The van der Waals surface area contributed by atoms with E-state index in [1.165, 1.54) is 0 Å². The summed E-state index contributed by atoms with van der Waals surface area (Å²) in [4.78, 5) is 17.1. The number of nitrogens with zero attached hydrogens (tertiary/aromatic N) is 2. The first-order valence-electron chi connectivity index (χ1n) is 9.01. The Morgan fingerprint density at radius 1 is 1.21 bits per heavy atom. The zero-order valence-corrected chi connectivity index (χ0v) is 16.1. The Morgan fingerprint density at radius 2 is 2.04 bits per heavy atom. The van der Waals surface area contributed by atoms with E-state index in [-0.39, 0.29) is 18.5 Å². The Morgan fingerprint density at radius 3 is 2.75 bits per heavy atom. The van der Waals surface area contributed by atoms with Gasteiger partial charge in [0.2, 0.25) is 5.82 Å². The fourth-order valence-corrected chi connectivity index (χ4v) is 3.58. The fourth-order valence-electron chi connectivity index (χ4n) is 3.39. The lowest BCUT2D eigenvalue weighted by Gasteiger charge is -2.39. The van der Waals surface area contributed by atoms with Crippen LogP contribution in [0.15, 0.2) is 53.1 Å². The van der Waals surface area contributed by atoms with E-state index >= 15 is 0 Å². The molecule has 3 aromatic rings. The molecule has 1 aromatic heterocycles. The normalized spacial score (nSPS) is 14.9. The summed E-state index contributed by atoms with van der Waals surface area (Å²) in [6.07, 6.45) is 2.46. The van der Waals surface area contributed by atoms with Crippen molar-refractivity contribution >= 4 is 17.6 Å². The average molecular weight is 399 g/mol. The topological polar surface area (TPSA) is 74.5 Å². The molecule has 0 saturated heterocycles. The number of benzene rings is 2. The maximum Gasteiger partial charge on any atom is 0.317 e. The van der Waals surface area contributed by atoms with Crippen LogP contribution in [0.5, 0.6) is 5.75 Å². The van der Waals surface area contributed by atoms with Gasteiger partial charge in [0.15, 0.2) is 6.61 Å². The molecular formula is C21H19ClN2O4. The Balaban J connectivity index is 1.46. The number of carbonyl (C=O) groups is 1. The molecule has 1 fully saturated rings. The van der Waals surface area contributed by atoms with E-state index < -0.39 is 5.41 Å². The molecule has 0 aliphatic heterocycles. The van der Waals surface area contributed by atoms with Crippen LogP contribution >= 0.6 is 11.6 Å². The molecular weight excluding hydrogens is 380 g/mol. The number of ether oxygens (including phenoxy) is 2. The number of halogens is 1. The molecule has 6 nitrogen and oxygen atoms in total. The summed E-state index contributed by atoms with van der Waals surface area (Å²) in [5.74, 6) is 1.07. The van der Waals surface area contributed by atoms with Crippen molar-refractivity contribution in [3.63, 3.8) is 0 Å². The first-order chi connectivity index (χ1) is 13.6. The minimum absolute atomic E-state index is 0.0713. The molecule has 1 heterocycles. The van der Waals surface area contributed by atoms with Gasteiger partial charge in [0.05, 0.1) is 12.5 Å². The zero-order chi connectivity index (χ0) is 19.6. The molecule has 7 heteroatoms. The number of carbonyl (C=O) groups excluding carboxylic acids is 1. The van der Waals surface area contributed by atoms with Gasteiger partial charge in [-0.1, -0.05) is 47.4 Å². The van der Waals surface area contributed by atoms with Gasteiger partial charge in [-0.15, -0.1) is 0 Å². The van der Waals surface area contributed by atoms with Crippen LogP contribution in [0.3, 0.4) is 0 Å². The predicted molar refractivity (Wildman–Crippen MR) is 103 cm³/mol. The van der Waals surface area contributed by atoms with Crippen LogP contribution in [-0.4, -0.2) is 23.2 Å². The number of hydrogen-bond donors (Lipinski definition) is 0. The maximum atomic E-state index is 12.8. The van der Waals surface area contributed by atoms with E-state index in [9.17, 15) is 4.79 Å². The van der Waals surface area contributed by atoms with Crippen molar-refractivity contribution < 1.29 is 18.8 Å². The third-order valence-electron chi connectivity index (χ3n) is 5.10. The lowest BCUT2D eigenvalue weighted by Crippen LogP contribution is -2.43. The van der Waals surface area contributed by atoms with E-state index in [2.05, 4.69) is 10.1 Å². The van der Waals surface area contributed by atoms with Crippen molar-refractivity contribution in [1.29, 1.82) is 0 Å². The van der Waals surface area contributed by atoms with Crippen molar-refractivity contribution in [1.82, 2.24) is 10.1 Å². The van der Waals surface area contributed by atoms with Gasteiger partial charge >= 0.3 is 5.97 Å². The highest BCUT2D eigenvalue weighted by Gasteiger charge is 2.47. The van der Waals surface area contributed by atoms with E-state index in [1.807, 2.05) is 42.5 Å². The van der Waals surface area contributed by atoms with E-state index in [4.69, 9.17) is 25.6 Å². The quantitative estimate of drug-likeness (QED) is 0.566. The second kappa shape index (κ2) is 7.64. The van der Waals surface area contributed by atoms with E-state index in [0.29, 0.717) is 16.6 Å². The van der Waals surface area contributed by atoms with Crippen LogP contribution in [0, 0.1) is 0 Å². The first-order valence-corrected chi connectivity index (χ1v) is 9.39. The highest BCUT2D eigenvalue weighted by atomic mass is 35.5. The van der Waals surface area contributed by atoms with Crippen LogP contribution < -0.4 is 4.74 Å². The molecule has 28 heavy (non-hydrogen) atoms. The van der Waals surface area contributed by atoms with Crippen LogP contribution in [0.1, 0.15) is 30.7 Å². The van der Waals surface area contributed by atoms with Crippen molar-refractivity contribution in [2.24, 2.45) is 0 Å². The standard InChI is InChI=1S/C21H19ClN2O4/c1-26-17-8-2-5-14(11-17)19-23-18(28-24-19)13-27-20(25)21(9-4-10-21)15-6-3-7-16(22)12-15/h2-3,5-8,11-12H,4,9-10,13H2,1H3. The molecule has 4 rings (SSSR count). The van der Waals surface area contributed by atoms with Gasteiger partial charge in [-0.3, -0.25) is 4.79 Å². The lowest BCUT2D eigenvalue weighted by molar-refractivity contribution is -0.156. The molecule has 0 unspecified atom stereocenters.